The lowest BCUT2D eigenvalue weighted by Gasteiger charge is -2.10. The molecule has 1 heterocycles. The van der Waals surface area contributed by atoms with Crippen molar-refractivity contribution in [1.82, 2.24) is 15.5 Å². The van der Waals surface area contributed by atoms with Crippen LogP contribution in [0.15, 0.2) is 24.4 Å². The Kier molecular flexibility index (Phi) is 3.59. The maximum Gasteiger partial charge on any atom is 0.0490 e. The number of rotatable bonds is 4. The van der Waals surface area contributed by atoms with E-state index >= 15 is 0 Å². The van der Waals surface area contributed by atoms with E-state index in [1.54, 1.807) is 6.20 Å². The molecule has 0 saturated heterocycles. The fraction of sp³-hybridized carbons (Fsp3) is 0.357. The molecule has 1 aromatic carbocycles. The van der Waals surface area contributed by atoms with Gasteiger partial charge in [-0.25, -0.2) is 0 Å². The fourth-order valence-electron chi connectivity index (χ4n) is 1.93. The van der Waals surface area contributed by atoms with Crippen molar-refractivity contribution in [3.8, 4) is 0 Å². The monoisotopic (exact) mass is 229 g/mol. The SMILES string of the molecule is Cc1cc(C)c(CNCc2ccn[nH]2)cc1C. The van der Waals surface area contributed by atoms with Gasteiger partial charge >= 0.3 is 0 Å². The molecule has 2 rings (SSSR count). The first-order chi connectivity index (χ1) is 8.16. The minimum absolute atomic E-state index is 0.826. The standard InChI is InChI=1S/C14H19N3/c1-10-6-12(3)13(7-11(10)2)8-15-9-14-4-5-16-17-14/h4-7,15H,8-9H2,1-3H3,(H,16,17). The lowest BCUT2D eigenvalue weighted by molar-refractivity contribution is 0.674. The highest BCUT2D eigenvalue weighted by atomic mass is 15.1. The molecule has 2 N–H and O–H groups in total. The molecule has 0 amide bonds. The smallest absolute Gasteiger partial charge is 0.0490 e. The zero-order valence-corrected chi connectivity index (χ0v) is 10.7. The summed E-state index contributed by atoms with van der Waals surface area (Å²) in [4.78, 5) is 0. The van der Waals surface area contributed by atoms with Gasteiger partial charge in [0.1, 0.15) is 0 Å². The number of nitrogens with one attached hydrogen (secondary N) is 2. The topological polar surface area (TPSA) is 40.7 Å². The average molecular weight is 229 g/mol. The molecule has 0 aliphatic rings. The summed E-state index contributed by atoms with van der Waals surface area (Å²) in [6.45, 7) is 8.20. The van der Waals surface area contributed by atoms with E-state index in [4.69, 9.17) is 0 Å². The number of benzene rings is 1. The largest absolute Gasteiger partial charge is 0.307 e. The first kappa shape index (κ1) is 11.9. The lowest BCUT2D eigenvalue weighted by atomic mass is 10.0. The van der Waals surface area contributed by atoms with Crippen molar-refractivity contribution in [2.24, 2.45) is 0 Å². The van der Waals surface area contributed by atoms with Crippen molar-refractivity contribution in [3.63, 3.8) is 0 Å². The second-order valence-electron chi connectivity index (χ2n) is 4.55. The van der Waals surface area contributed by atoms with Crippen LogP contribution in [0, 0.1) is 20.8 Å². The molecule has 3 nitrogen and oxygen atoms in total. The van der Waals surface area contributed by atoms with Crippen LogP contribution in [-0.4, -0.2) is 10.2 Å². The molecule has 0 aliphatic carbocycles. The molecule has 17 heavy (non-hydrogen) atoms. The van der Waals surface area contributed by atoms with Gasteiger partial charge in [0.2, 0.25) is 0 Å². The van der Waals surface area contributed by atoms with E-state index < -0.39 is 0 Å². The molecular formula is C14H19N3. The lowest BCUT2D eigenvalue weighted by Crippen LogP contribution is -2.14. The van der Waals surface area contributed by atoms with Crippen molar-refractivity contribution in [1.29, 1.82) is 0 Å². The first-order valence-electron chi connectivity index (χ1n) is 5.92. The third-order valence-corrected chi connectivity index (χ3v) is 3.14. The summed E-state index contributed by atoms with van der Waals surface area (Å²) in [5.41, 5.74) is 6.55. The number of hydrogen-bond acceptors (Lipinski definition) is 2. The maximum atomic E-state index is 3.93. The van der Waals surface area contributed by atoms with E-state index in [1.807, 2.05) is 6.07 Å². The van der Waals surface area contributed by atoms with Crippen LogP contribution in [0.4, 0.5) is 0 Å². The second kappa shape index (κ2) is 5.15. The molecule has 0 saturated carbocycles. The van der Waals surface area contributed by atoms with E-state index in [-0.39, 0.29) is 0 Å². The van der Waals surface area contributed by atoms with E-state index in [2.05, 4.69) is 48.4 Å². The highest BCUT2D eigenvalue weighted by molar-refractivity contribution is 5.36. The van der Waals surface area contributed by atoms with Gasteiger partial charge in [-0.2, -0.15) is 5.10 Å². The van der Waals surface area contributed by atoms with Crippen molar-refractivity contribution in [2.75, 3.05) is 0 Å². The van der Waals surface area contributed by atoms with Gasteiger partial charge in [-0.1, -0.05) is 12.1 Å². The number of nitrogens with zero attached hydrogens (tertiary/aromatic N) is 1. The van der Waals surface area contributed by atoms with E-state index in [1.165, 1.54) is 22.3 Å². The number of aryl methyl sites for hydroxylation is 3. The van der Waals surface area contributed by atoms with Gasteiger partial charge < -0.3 is 5.32 Å². The van der Waals surface area contributed by atoms with E-state index in [0.29, 0.717) is 0 Å². The molecule has 90 valence electrons. The second-order valence-corrected chi connectivity index (χ2v) is 4.55. The van der Waals surface area contributed by atoms with E-state index in [9.17, 15) is 0 Å². The van der Waals surface area contributed by atoms with Crippen LogP contribution >= 0.6 is 0 Å². The molecule has 0 bridgehead atoms. The normalized spacial score (nSPS) is 10.8. The predicted molar refractivity (Wildman–Crippen MR) is 69.8 cm³/mol. The summed E-state index contributed by atoms with van der Waals surface area (Å²) in [6, 6.07) is 6.51. The van der Waals surface area contributed by atoms with Crippen LogP contribution in [-0.2, 0) is 13.1 Å². The number of H-pyrrole nitrogens is 1. The molecule has 0 unspecified atom stereocenters. The molecule has 0 aliphatic heterocycles. The molecule has 0 spiro atoms. The molecule has 3 heteroatoms. The summed E-state index contributed by atoms with van der Waals surface area (Å²) in [6.07, 6.45) is 1.78. The van der Waals surface area contributed by atoms with Crippen LogP contribution < -0.4 is 5.32 Å². The van der Waals surface area contributed by atoms with Crippen LogP contribution in [0.1, 0.15) is 27.9 Å². The van der Waals surface area contributed by atoms with Crippen molar-refractivity contribution >= 4 is 0 Å². The minimum atomic E-state index is 0.826. The molecular weight excluding hydrogens is 210 g/mol. The van der Waals surface area contributed by atoms with Gasteiger partial charge in [-0.15, -0.1) is 0 Å². The summed E-state index contributed by atoms with van der Waals surface area (Å²) in [5.74, 6) is 0. The molecule has 0 atom stereocenters. The Balaban J connectivity index is 1.97. The number of aromatic amines is 1. The first-order valence-corrected chi connectivity index (χ1v) is 5.92. The summed E-state index contributed by atoms with van der Waals surface area (Å²) in [5, 5.41) is 10.3. The van der Waals surface area contributed by atoms with Crippen LogP contribution in [0.25, 0.3) is 0 Å². The van der Waals surface area contributed by atoms with Crippen LogP contribution in [0.3, 0.4) is 0 Å². The van der Waals surface area contributed by atoms with Crippen LogP contribution in [0.5, 0.6) is 0 Å². The predicted octanol–water partition coefficient (Wildman–Crippen LogP) is 2.62. The van der Waals surface area contributed by atoms with Gasteiger partial charge in [0.25, 0.3) is 0 Å². The Hall–Kier alpha value is -1.61. The van der Waals surface area contributed by atoms with Crippen molar-refractivity contribution in [2.45, 2.75) is 33.9 Å². The van der Waals surface area contributed by atoms with Gasteiger partial charge in [-0.3, -0.25) is 5.10 Å². The van der Waals surface area contributed by atoms with Crippen molar-refractivity contribution in [3.05, 3.63) is 52.3 Å². The number of aromatic nitrogens is 2. The average Bonchev–Trinajstić information content (AvgIpc) is 2.78. The molecule has 2 aromatic rings. The van der Waals surface area contributed by atoms with Crippen molar-refractivity contribution < 1.29 is 0 Å². The minimum Gasteiger partial charge on any atom is -0.307 e. The summed E-state index contributed by atoms with van der Waals surface area (Å²) in [7, 11) is 0. The molecule has 0 fully saturated rings. The highest BCUT2D eigenvalue weighted by Gasteiger charge is 2.02. The third kappa shape index (κ3) is 2.94. The quantitative estimate of drug-likeness (QED) is 0.846. The van der Waals surface area contributed by atoms with Gasteiger partial charge in [0, 0.05) is 25.0 Å². The Bertz CT molecular complexity index is 486. The zero-order chi connectivity index (χ0) is 12.3. The Morgan fingerprint density at radius 3 is 2.53 bits per heavy atom. The molecule has 0 radical (unpaired) electrons. The van der Waals surface area contributed by atoms with Gasteiger partial charge in [0.15, 0.2) is 0 Å². The third-order valence-electron chi connectivity index (χ3n) is 3.14. The molecule has 1 aromatic heterocycles. The zero-order valence-electron chi connectivity index (χ0n) is 10.7. The summed E-state index contributed by atoms with van der Waals surface area (Å²) >= 11 is 0. The Labute approximate surface area is 102 Å². The maximum absolute atomic E-state index is 3.93. The Morgan fingerprint density at radius 1 is 1.06 bits per heavy atom. The van der Waals surface area contributed by atoms with Crippen LogP contribution in [0.2, 0.25) is 0 Å². The number of hydrogen-bond donors (Lipinski definition) is 2. The Morgan fingerprint density at radius 2 is 1.82 bits per heavy atom. The van der Waals surface area contributed by atoms with Gasteiger partial charge in [0.05, 0.1) is 0 Å². The van der Waals surface area contributed by atoms with Gasteiger partial charge in [-0.05, 0) is 49.1 Å². The van der Waals surface area contributed by atoms with E-state index in [0.717, 1.165) is 18.8 Å². The fourth-order valence-corrected chi connectivity index (χ4v) is 1.93. The summed E-state index contributed by atoms with van der Waals surface area (Å²) < 4.78 is 0. The highest BCUT2D eigenvalue weighted by Crippen LogP contribution is 2.15.